The van der Waals surface area contributed by atoms with E-state index in [1.165, 1.54) is 38.7 Å². The molecule has 1 fully saturated rings. The average molecular weight is 481 g/mol. The minimum Gasteiger partial charge on any atom is -0.474 e. The van der Waals surface area contributed by atoms with Crippen molar-refractivity contribution in [1.29, 1.82) is 0 Å². The van der Waals surface area contributed by atoms with E-state index in [0.29, 0.717) is 10.9 Å². The van der Waals surface area contributed by atoms with Crippen LogP contribution in [0.15, 0.2) is 36.8 Å². The van der Waals surface area contributed by atoms with Crippen LogP contribution < -0.4 is 4.74 Å². The van der Waals surface area contributed by atoms with Gasteiger partial charge < -0.3 is 18.9 Å². The number of esters is 3. The molecule has 11 heteroatoms. The Bertz CT molecular complexity index is 1010. The first-order valence-corrected chi connectivity index (χ1v) is 11.0. The van der Waals surface area contributed by atoms with Gasteiger partial charge in [0, 0.05) is 44.5 Å². The molecule has 0 bridgehead atoms. The van der Waals surface area contributed by atoms with Crippen molar-refractivity contribution in [1.82, 2.24) is 9.97 Å². The monoisotopic (exact) mass is 480 g/mol. The standard InChI is InChI=1S/C21H21ClN2O7S/c1-11(25)28-17-10-32-21(20(30-13(3)27)19(17)29-12(2)26)31-16-6-15(8-23-9-16)14-4-5-24-18(22)7-14/h4-9,17,19-21H,10H2,1-3H3/t17-,19+,20-,21+/m1/s1. The summed E-state index contributed by atoms with van der Waals surface area (Å²) in [4.78, 5) is 43.1. The first kappa shape index (κ1) is 23.8. The van der Waals surface area contributed by atoms with E-state index >= 15 is 0 Å². The van der Waals surface area contributed by atoms with Gasteiger partial charge in [-0.3, -0.25) is 19.4 Å². The van der Waals surface area contributed by atoms with E-state index in [1.807, 2.05) is 0 Å². The molecule has 3 rings (SSSR count). The lowest BCUT2D eigenvalue weighted by molar-refractivity contribution is -0.186. The second-order valence-electron chi connectivity index (χ2n) is 6.89. The van der Waals surface area contributed by atoms with Gasteiger partial charge in [-0.15, -0.1) is 11.8 Å². The second-order valence-corrected chi connectivity index (χ2v) is 8.41. The van der Waals surface area contributed by atoms with Crippen LogP contribution in [0, 0.1) is 0 Å². The van der Waals surface area contributed by atoms with Crippen molar-refractivity contribution < 1.29 is 33.3 Å². The fraction of sp³-hybridized carbons (Fsp3) is 0.381. The van der Waals surface area contributed by atoms with Crippen molar-refractivity contribution in [2.24, 2.45) is 0 Å². The van der Waals surface area contributed by atoms with E-state index in [2.05, 4.69) is 9.97 Å². The highest BCUT2D eigenvalue weighted by atomic mass is 35.5. The minimum atomic E-state index is -1.03. The zero-order valence-electron chi connectivity index (χ0n) is 17.5. The highest BCUT2D eigenvalue weighted by Gasteiger charge is 2.47. The lowest BCUT2D eigenvalue weighted by atomic mass is 10.1. The van der Waals surface area contributed by atoms with Crippen LogP contribution in [-0.2, 0) is 28.6 Å². The Morgan fingerprint density at radius 1 is 0.969 bits per heavy atom. The zero-order chi connectivity index (χ0) is 23.3. The fourth-order valence-electron chi connectivity index (χ4n) is 3.17. The summed E-state index contributed by atoms with van der Waals surface area (Å²) >= 11 is 7.24. The number of thioether (sulfide) groups is 1. The Morgan fingerprint density at radius 2 is 1.66 bits per heavy atom. The molecule has 32 heavy (non-hydrogen) atoms. The van der Waals surface area contributed by atoms with Crippen LogP contribution in [0.2, 0.25) is 5.15 Å². The van der Waals surface area contributed by atoms with Gasteiger partial charge in [0.2, 0.25) is 0 Å². The van der Waals surface area contributed by atoms with Crippen LogP contribution in [-0.4, -0.2) is 57.4 Å². The number of carbonyl (C=O) groups is 3. The normalized spacial score (nSPS) is 22.5. The average Bonchev–Trinajstić information content (AvgIpc) is 2.71. The number of hydrogen-bond donors (Lipinski definition) is 0. The Kier molecular flexibility index (Phi) is 7.92. The van der Waals surface area contributed by atoms with Gasteiger partial charge >= 0.3 is 17.9 Å². The number of rotatable bonds is 6. The molecular weight excluding hydrogens is 460 g/mol. The lowest BCUT2D eigenvalue weighted by Crippen LogP contribution is -2.55. The van der Waals surface area contributed by atoms with Gasteiger partial charge in [0.25, 0.3) is 0 Å². The van der Waals surface area contributed by atoms with Crippen molar-refractivity contribution >= 4 is 41.3 Å². The largest absolute Gasteiger partial charge is 0.474 e. The zero-order valence-corrected chi connectivity index (χ0v) is 19.1. The SMILES string of the molecule is CC(=O)O[C@@H]1[C@@H](OC(C)=O)[C@@H](Oc2cncc(-c3ccnc(Cl)c3)c2)SC[C@H]1OC(C)=O. The Hall–Kier alpha value is -2.85. The van der Waals surface area contributed by atoms with Gasteiger partial charge in [0.05, 0.1) is 6.20 Å². The molecule has 1 saturated heterocycles. The maximum atomic E-state index is 11.8. The summed E-state index contributed by atoms with van der Waals surface area (Å²) < 4.78 is 22.2. The van der Waals surface area contributed by atoms with Gasteiger partial charge in [-0.2, -0.15) is 0 Å². The molecular formula is C21H21ClN2O7S. The molecule has 2 aromatic rings. The molecule has 0 aromatic carbocycles. The second kappa shape index (κ2) is 10.6. The van der Waals surface area contributed by atoms with Crippen LogP contribution in [0.1, 0.15) is 20.8 Å². The number of pyridine rings is 2. The predicted octanol–water partition coefficient (Wildman–Crippen LogP) is 3.04. The van der Waals surface area contributed by atoms with Gasteiger partial charge in [-0.1, -0.05) is 11.6 Å². The topological polar surface area (TPSA) is 114 Å². The molecule has 0 N–H and O–H groups in total. The number of nitrogens with zero attached hydrogens (tertiary/aromatic N) is 2. The summed E-state index contributed by atoms with van der Waals surface area (Å²) in [5.41, 5.74) is 0.794. The first-order valence-electron chi connectivity index (χ1n) is 9.60. The Labute approximate surface area is 193 Å². The molecule has 2 aromatic heterocycles. The van der Waals surface area contributed by atoms with Crippen molar-refractivity contribution in [2.75, 3.05) is 5.75 Å². The third-order valence-corrected chi connectivity index (χ3v) is 5.75. The molecule has 0 saturated carbocycles. The molecule has 0 aliphatic carbocycles. The molecule has 0 spiro atoms. The van der Waals surface area contributed by atoms with E-state index in [0.717, 1.165) is 11.1 Å². The van der Waals surface area contributed by atoms with E-state index in [1.54, 1.807) is 30.6 Å². The van der Waals surface area contributed by atoms with Crippen LogP contribution in [0.5, 0.6) is 5.75 Å². The van der Waals surface area contributed by atoms with Gasteiger partial charge in [-0.25, -0.2) is 4.98 Å². The quantitative estimate of drug-likeness (QED) is 0.347. The predicted molar refractivity (Wildman–Crippen MR) is 116 cm³/mol. The van der Waals surface area contributed by atoms with Crippen LogP contribution in [0.3, 0.4) is 0 Å². The molecule has 0 radical (unpaired) electrons. The van der Waals surface area contributed by atoms with Crippen molar-refractivity contribution in [3.63, 3.8) is 0 Å². The number of ether oxygens (including phenoxy) is 4. The summed E-state index contributed by atoms with van der Waals surface area (Å²) in [6.07, 6.45) is 1.90. The van der Waals surface area contributed by atoms with Gasteiger partial charge in [0.15, 0.2) is 23.7 Å². The summed E-state index contributed by atoms with van der Waals surface area (Å²) in [7, 11) is 0. The maximum absolute atomic E-state index is 11.8. The number of aromatic nitrogens is 2. The van der Waals surface area contributed by atoms with Crippen molar-refractivity contribution in [2.45, 2.75) is 44.5 Å². The Morgan fingerprint density at radius 3 is 2.31 bits per heavy atom. The van der Waals surface area contributed by atoms with E-state index in [4.69, 9.17) is 30.5 Å². The summed E-state index contributed by atoms with van der Waals surface area (Å²) in [5, 5.41) is 0.340. The number of hydrogen-bond acceptors (Lipinski definition) is 10. The third-order valence-electron chi connectivity index (χ3n) is 4.33. The minimum absolute atomic E-state index is 0.271. The molecule has 170 valence electrons. The van der Waals surface area contributed by atoms with Crippen LogP contribution in [0.4, 0.5) is 0 Å². The molecule has 9 nitrogen and oxygen atoms in total. The third kappa shape index (κ3) is 6.33. The molecule has 0 amide bonds. The van der Waals surface area contributed by atoms with Crippen molar-refractivity contribution in [3.8, 4) is 16.9 Å². The summed E-state index contributed by atoms with van der Waals surface area (Å²) in [6, 6.07) is 5.23. The van der Waals surface area contributed by atoms with Gasteiger partial charge in [-0.05, 0) is 23.8 Å². The number of halogens is 1. The Balaban J connectivity index is 1.87. The highest BCUT2D eigenvalue weighted by molar-refractivity contribution is 7.99. The first-order chi connectivity index (χ1) is 15.2. The molecule has 0 unspecified atom stereocenters. The highest BCUT2D eigenvalue weighted by Crippen LogP contribution is 2.35. The fourth-order valence-corrected chi connectivity index (χ4v) is 4.56. The van der Waals surface area contributed by atoms with Crippen molar-refractivity contribution in [3.05, 3.63) is 41.9 Å². The molecule has 1 aliphatic rings. The van der Waals surface area contributed by atoms with E-state index in [-0.39, 0.29) is 5.75 Å². The smallest absolute Gasteiger partial charge is 0.303 e. The van der Waals surface area contributed by atoms with E-state index in [9.17, 15) is 14.4 Å². The number of carbonyl (C=O) groups excluding carboxylic acids is 3. The van der Waals surface area contributed by atoms with Crippen LogP contribution >= 0.6 is 23.4 Å². The molecule has 3 heterocycles. The van der Waals surface area contributed by atoms with Crippen LogP contribution in [0.25, 0.3) is 11.1 Å². The summed E-state index contributed by atoms with van der Waals surface area (Å²) in [5.74, 6) is -1.07. The summed E-state index contributed by atoms with van der Waals surface area (Å²) in [6.45, 7) is 3.71. The van der Waals surface area contributed by atoms with Gasteiger partial charge in [0.1, 0.15) is 10.9 Å². The molecule has 1 aliphatic heterocycles. The van der Waals surface area contributed by atoms with E-state index < -0.39 is 41.7 Å². The molecule has 4 atom stereocenters. The lowest BCUT2D eigenvalue weighted by Gasteiger charge is -2.39. The maximum Gasteiger partial charge on any atom is 0.303 e.